The molecule has 0 aliphatic carbocycles. The van der Waals surface area contributed by atoms with Gasteiger partial charge in [0, 0.05) is 39.0 Å². The minimum Gasteiger partial charge on any atom is -0.481 e. The molecule has 0 radical (unpaired) electrons. The molecule has 1 atom stereocenters. The van der Waals surface area contributed by atoms with Crippen molar-refractivity contribution in [3.8, 4) is 0 Å². The van der Waals surface area contributed by atoms with Gasteiger partial charge in [0.25, 0.3) is 0 Å². The lowest BCUT2D eigenvalue weighted by Crippen LogP contribution is -2.58. The summed E-state index contributed by atoms with van der Waals surface area (Å²) in [6, 6.07) is 0. The molecule has 0 spiro atoms. The van der Waals surface area contributed by atoms with Crippen molar-refractivity contribution in [3.63, 3.8) is 0 Å². The van der Waals surface area contributed by atoms with Gasteiger partial charge in [-0.05, 0) is 0 Å². The molecule has 0 aromatic rings. The number of rotatable bonds is 3. The van der Waals surface area contributed by atoms with Crippen molar-refractivity contribution in [3.05, 3.63) is 0 Å². The zero-order valence-corrected chi connectivity index (χ0v) is 9.79. The molecule has 100 valence electrons. The predicted octanol–water partition coefficient (Wildman–Crippen LogP) is -0.447. The maximum absolute atomic E-state index is 11.9. The number of aliphatic carboxylic acids is 2. The Labute approximate surface area is 103 Å². The molecule has 2 heterocycles. The molecule has 2 aliphatic heterocycles. The number of carboxylic acid groups (broad SMARTS) is 2. The summed E-state index contributed by atoms with van der Waals surface area (Å²) in [5.74, 6) is -3.34. The van der Waals surface area contributed by atoms with E-state index in [1.165, 1.54) is 4.90 Å². The Kier molecular flexibility index (Phi) is 3.25. The van der Waals surface area contributed by atoms with E-state index >= 15 is 0 Å². The van der Waals surface area contributed by atoms with Gasteiger partial charge in [0.1, 0.15) is 5.54 Å². The van der Waals surface area contributed by atoms with Crippen LogP contribution >= 0.6 is 0 Å². The first kappa shape index (κ1) is 12.8. The Bertz CT molecular complexity index is 387. The van der Waals surface area contributed by atoms with E-state index < -0.39 is 29.3 Å². The number of likely N-dealkylation sites (tertiary alicyclic amines) is 1. The zero-order chi connectivity index (χ0) is 13.3. The first-order valence-corrected chi connectivity index (χ1v) is 5.82. The van der Waals surface area contributed by atoms with Gasteiger partial charge >= 0.3 is 11.9 Å². The summed E-state index contributed by atoms with van der Waals surface area (Å²) in [6.07, 6.45) is 0.298. The fourth-order valence-electron chi connectivity index (χ4n) is 2.59. The van der Waals surface area contributed by atoms with E-state index in [2.05, 4.69) is 0 Å². The summed E-state index contributed by atoms with van der Waals surface area (Å²) >= 11 is 0. The highest BCUT2D eigenvalue weighted by Gasteiger charge is 2.51. The second kappa shape index (κ2) is 4.56. The second-order valence-corrected chi connectivity index (χ2v) is 4.69. The van der Waals surface area contributed by atoms with Gasteiger partial charge in [0.15, 0.2) is 0 Å². The highest BCUT2D eigenvalue weighted by atomic mass is 16.5. The van der Waals surface area contributed by atoms with E-state index in [4.69, 9.17) is 9.84 Å². The van der Waals surface area contributed by atoms with Gasteiger partial charge in [-0.15, -0.1) is 0 Å². The summed E-state index contributed by atoms with van der Waals surface area (Å²) in [5, 5.41) is 18.3. The lowest BCUT2D eigenvalue weighted by atomic mass is 9.88. The van der Waals surface area contributed by atoms with Crippen LogP contribution < -0.4 is 0 Å². The van der Waals surface area contributed by atoms with E-state index in [9.17, 15) is 19.5 Å². The number of carbonyl (C=O) groups is 3. The summed E-state index contributed by atoms with van der Waals surface area (Å²) in [6.45, 7) is 0.516. The Hall–Kier alpha value is -1.63. The molecule has 1 unspecified atom stereocenters. The van der Waals surface area contributed by atoms with Gasteiger partial charge in [-0.3, -0.25) is 9.59 Å². The fraction of sp³-hybridized carbons (Fsp3) is 0.727. The van der Waals surface area contributed by atoms with Gasteiger partial charge in [-0.25, -0.2) is 4.79 Å². The number of carbonyl (C=O) groups excluding carboxylic acids is 1. The fourth-order valence-corrected chi connectivity index (χ4v) is 2.59. The number of ether oxygens (including phenoxy) is 1. The number of carboxylic acids is 2. The van der Waals surface area contributed by atoms with E-state index in [1.807, 2.05) is 0 Å². The molecular formula is C11H15NO6. The van der Waals surface area contributed by atoms with Crippen molar-refractivity contribution in [1.29, 1.82) is 0 Å². The molecule has 18 heavy (non-hydrogen) atoms. The molecule has 2 N–H and O–H groups in total. The normalized spacial score (nSPS) is 27.2. The maximum atomic E-state index is 11.9. The van der Waals surface area contributed by atoms with Crippen LogP contribution in [0, 0.1) is 5.92 Å². The third-order valence-electron chi connectivity index (χ3n) is 3.71. The summed E-state index contributed by atoms with van der Waals surface area (Å²) < 4.78 is 5.13. The van der Waals surface area contributed by atoms with Crippen LogP contribution in [0.3, 0.4) is 0 Å². The average molecular weight is 257 g/mol. The molecule has 2 fully saturated rings. The van der Waals surface area contributed by atoms with Crippen LogP contribution in [-0.2, 0) is 19.1 Å². The number of amides is 1. The van der Waals surface area contributed by atoms with E-state index in [1.54, 1.807) is 0 Å². The van der Waals surface area contributed by atoms with Crippen LogP contribution in [-0.4, -0.2) is 58.3 Å². The van der Waals surface area contributed by atoms with E-state index in [0.717, 1.165) is 0 Å². The molecule has 7 nitrogen and oxygen atoms in total. The Morgan fingerprint density at radius 2 is 1.89 bits per heavy atom. The molecule has 2 saturated heterocycles. The van der Waals surface area contributed by atoms with Gasteiger partial charge < -0.3 is 19.8 Å². The van der Waals surface area contributed by atoms with Crippen molar-refractivity contribution in [2.75, 3.05) is 19.8 Å². The van der Waals surface area contributed by atoms with Crippen molar-refractivity contribution in [2.45, 2.75) is 24.8 Å². The average Bonchev–Trinajstić information content (AvgIpc) is 2.72. The van der Waals surface area contributed by atoms with Gasteiger partial charge in [0.05, 0.1) is 5.92 Å². The minimum absolute atomic E-state index is 0.0273. The first-order valence-electron chi connectivity index (χ1n) is 5.82. The van der Waals surface area contributed by atoms with Crippen molar-refractivity contribution in [1.82, 2.24) is 4.90 Å². The van der Waals surface area contributed by atoms with Crippen molar-refractivity contribution in [2.24, 2.45) is 5.92 Å². The van der Waals surface area contributed by atoms with Gasteiger partial charge in [-0.1, -0.05) is 0 Å². The van der Waals surface area contributed by atoms with Gasteiger partial charge in [0.2, 0.25) is 5.91 Å². The van der Waals surface area contributed by atoms with Crippen LogP contribution in [0.2, 0.25) is 0 Å². The molecule has 2 aliphatic rings. The maximum Gasteiger partial charge on any atom is 0.329 e. The lowest BCUT2D eigenvalue weighted by molar-refractivity contribution is -0.164. The summed E-state index contributed by atoms with van der Waals surface area (Å²) in [7, 11) is 0. The molecular weight excluding hydrogens is 242 g/mol. The Balaban J connectivity index is 2.24. The number of hydrogen-bond donors (Lipinski definition) is 2. The summed E-state index contributed by atoms with van der Waals surface area (Å²) in [4.78, 5) is 35.5. The SMILES string of the molecule is O=C(O)C1CC(=O)N(C2(C(=O)O)CCOCC2)C1. The van der Waals surface area contributed by atoms with Crippen molar-refractivity contribution >= 4 is 17.8 Å². The smallest absolute Gasteiger partial charge is 0.329 e. The Morgan fingerprint density at radius 1 is 1.28 bits per heavy atom. The van der Waals surface area contributed by atoms with Crippen LogP contribution in [0.15, 0.2) is 0 Å². The summed E-state index contributed by atoms with van der Waals surface area (Å²) in [5.41, 5.74) is -1.29. The molecule has 2 rings (SSSR count). The predicted molar refractivity (Wildman–Crippen MR) is 57.9 cm³/mol. The molecule has 0 bridgehead atoms. The van der Waals surface area contributed by atoms with E-state index in [0.29, 0.717) is 0 Å². The quantitative estimate of drug-likeness (QED) is 0.709. The van der Waals surface area contributed by atoms with Crippen LogP contribution in [0.25, 0.3) is 0 Å². The molecule has 0 aromatic heterocycles. The van der Waals surface area contributed by atoms with E-state index in [-0.39, 0.29) is 39.0 Å². The zero-order valence-electron chi connectivity index (χ0n) is 9.79. The standard InChI is InChI=1S/C11H15NO6/c13-8-5-7(9(14)15)6-12(8)11(10(16)17)1-3-18-4-2-11/h7H,1-6H2,(H,14,15)(H,16,17). The third kappa shape index (κ3) is 1.94. The minimum atomic E-state index is -1.29. The first-order chi connectivity index (χ1) is 8.47. The Morgan fingerprint density at radius 3 is 2.33 bits per heavy atom. The monoisotopic (exact) mass is 257 g/mol. The van der Waals surface area contributed by atoms with Crippen LogP contribution in [0.1, 0.15) is 19.3 Å². The molecule has 0 saturated carbocycles. The number of hydrogen-bond acceptors (Lipinski definition) is 4. The highest BCUT2D eigenvalue weighted by Crippen LogP contribution is 2.34. The molecule has 1 amide bonds. The van der Waals surface area contributed by atoms with Crippen LogP contribution in [0.5, 0.6) is 0 Å². The van der Waals surface area contributed by atoms with Crippen LogP contribution in [0.4, 0.5) is 0 Å². The number of nitrogens with zero attached hydrogens (tertiary/aromatic N) is 1. The lowest BCUT2D eigenvalue weighted by Gasteiger charge is -2.40. The highest BCUT2D eigenvalue weighted by molar-refractivity contribution is 5.91. The second-order valence-electron chi connectivity index (χ2n) is 4.69. The van der Waals surface area contributed by atoms with Crippen molar-refractivity contribution < 1.29 is 29.3 Å². The third-order valence-corrected chi connectivity index (χ3v) is 3.71. The molecule has 0 aromatic carbocycles. The van der Waals surface area contributed by atoms with Gasteiger partial charge in [-0.2, -0.15) is 0 Å². The largest absolute Gasteiger partial charge is 0.481 e. The topological polar surface area (TPSA) is 104 Å². The molecule has 7 heteroatoms.